The SMILES string of the molecule is CN1C(=O)CCc2cc(C(O)COCC(=O)O)ccc21. The molecule has 2 rings (SSSR count). The van der Waals surface area contributed by atoms with E-state index in [9.17, 15) is 14.7 Å². The number of amides is 1. The smallest absolute Gasteiger partial charge is 0.329 e. The van der Waals surface area contributed by atoms with Crippen molar-refractivity contribution in [1.82, 2.24) is 0 Å². The molecule has 1 aliphatic rings. The van der Waals surface area contributed by atoms with Gasteiger partial charge in [-0.1, -0.05) is 12.1 Å². The molecule has 1 aromatic rings. The number of aliphatic hydroxyl groups is 1. The summed E-state index contributed by atoms with van der Waals surface area (Å²) < 4.78 is 4.88. The Kier molecular flexibility index (Phi) is 4.36. The number of aryl methyl sites for hydroxylation is 1. The van der Waals surface area contributed by atoms with Gasteiger partial charge < -0.3 is 19.8 Å². The molecule has 6 heteroatoms. The standard InChI is InChI=1S/C14H17NO5/c1-15-11-4-2-10(6-9(11)3-5-13(15)17)12(16)7-20-8-14(18)19/h2,4,6,12,16H,3,5,7-8H2,1H3,(H,18,19). The maximum Gasteiger partial charge on any atom is 0.329 e. The van der Waals surface area contributed by atoms with Crippen molar-refractivity contribution in [1.29, 1.82) is 0 Å². The lowest BCUT2D eigenvalue weighted by molar-refractivity contribution is -0.143. The number of aliphatic hydroxyl groups excluding tert-OH is 1. The Hall–Kier alpha value is -1.92. The van der Waals surface area contributed by atoms with Gasteiger partial charge in [0, 0.05) is 19.2 Å². The second-order valence-corrected chi connectivity index (χ2v) is 4.77. The zero-order valence-electron chi connectivity index (χ0n) is 11.2. The number of hydrogen-bond acceptors (Lipinski definition) is 4. The quantitative estimate of drug-likeness (QED) is 0.829. The van der Waals surface area contributed by atoms with Crippen molar-refractivity contribution >= 4 is 17.6 Å². The van der Waals surface area contributed by atoms with E-state index in [1.165, 1.54) is 0 Å². The number of carbonyl (C=O) groups is 2. The number of nitrogens with zero attached hydrogens (tertiary/aromatic N) is 1. The molecule has 1 amide bonds. The Morgan fingerprint density at radius 3 is 2.90 bits per heavy atom. The zero-order valence-corrected chi connectivity index (χ0v) is 11.2. The summed E-state index contributed by atoms with van der Waals surface area (Å²) in [5.41, 5.74) is 2.52. The van der Waals surface area contributed by atoms with Crippen LogP contribution >= 0.6 is 0 Å². The summed E-state index contributed by atoms with van der Waals surface area (Å²) in [5, 5.41) is 18.4. The molecule has 1 unspecified atom stereocenters. The molecule has 2 N–H and O–H groups in total. The second-order valence-electron chi connectivity index (χ2n) is 4.77. The van der Waals surface area contributed by atoms with Crippen LogP contribution in [0.1, 0.15) is 23.7 Å². The van der Waals surface area contributed by atoms with Gasteiger partial charge in [0.2, 0.25) is 5.91 Å². The molecule has 0 saturated heterocycles. The van der Waals surface area contributed by atoms with Crippen LogP contribution in [0.4, 0.5) is 5.69 Å². The van der Waals surface area contributed by atoms with Gasteiger partial charge in [-0.2, -0.15) is 0 Å². The van der Waals surface area contributed by atoms with Crippen molar-refractivity contribution in [2.24, 2.45) is 0 Å². The molecule has 0 bridgehead atoms. The van der Waals surface area contributed by atoms with Crippen molar-refractivity contribution < 1.29 is 24.5 Å². The molecule has 0 radical (unpaired) electrons. The fourth-order valence-electron chi connectivity index (χ4n) is 2.24. The van der Waals surface area contributed by atoms with Crippen LogP contribution in [0.25, 0.3) is 0 Å². The largest absolute Gasteiger partial charge is 0.480 e. The zero-order chi connectivity index (χ0) is 14.7. The van der Waals surface area contributed by atoms with E-state index >= 15 is 0 Å². The van der Waals surface area contributed by atoms with E-state index in [-0.39, 0.29) is 12.5 Å². The summed E-state index contributed by atoms with van der Waals surface area (Å²) in [5.74, 6) is -0.988. The maximum absolute atomic E-state index is 11.6. The Morgan fingerprint density at radius 1 is 1.45 bits per heavy atom. The van der Waals surface area contributed by atoms with Gasteiger partial charge in [0.05, 0.1) is 6.61 Å². The molecule has 1 atom stereocenters. The number of benzene rings is 1. The molecule has 0 saturated carbocycles. The summed E-state index contributed by atoms with van der Waals surface area (Å²) in [6, 6.07) is 5.36. The molecule has 1 aromatic carbocycles. The minimum atomic E-state index is -1.07. The summed E-state index contributed by atoms with van der Waals surface area (Å²) in [7, 11) is 1.73. The number of aliphatic carboxylic acids is 1. The van der Waals surface area contributed by atoms with Gasteiger partial charge in [-0.3, -0.25) is 4.79 Å². The highest BCUT2D eigenvalue weighted by atomic mass is 16.5. The summed E-state index contributed by atoms with van der Waals surface area (Å²) in [6.07, 6.45) is 0.232. The third-order valence-corrected chi connectivity index (χ3v) is 3.33. The Morgan fingerprint density at radius 2 is 2.20 bits per heavy atom. The highest BCUT2D eigenvalue weighted by Crippen LogP contribution is 2.29. The highest BCUT2D eigenvalue weighted by Gasteiger charge is 2.21. The highest BCUT2D eigenvalue weighted by molar-refractivity contribution is 5.95. The molecule has 1 aliphatic heterocycles. The minimum Gasteiger partial charge on any atom is -0.480 e. The Bertz CT molecular complexity index is 528. The van der Waals surface area contributed by atoms with Crippen molar-refractivity contribution in [3.05, 3.63) is 29.3 Å². The van der Waals surface area contributed by atoms with Gasteiger partial charge in [0.15, 0.2) is 0 Å². The van der Waals surface area contributed by atoms with Crippen LogP contribution in [0.5, 0.6) is 0 Å². The lowest BCUT2D eigenvalue weighted by Gasteiger charge is -2.26. The topological polar surface area (TPSA) is 87.1 Å². The van der Waals surface area contributed by atoms with Gasteiger partial charge in [0.1, 0.15) is 12.7 Å². The number of hydrogen-bond donors (Lipinski definition) is 2. The maximum atomic E-state index is 11.6. The Balaban J connectivity index is 2.07. The van der Waals surface area contributed by atoms with Gasteiger partial charge in [-0.15, -0.1) is 0 Å². The van der Waals surface area contributed by atoms with E-state index in [1.807, 2.05) is 6.07 Å². The van der Waals surface area contributed by atoms with Gasteiger partial charge in [0.25, 0.3) is 0 Å². The number of fused-ring (bicyclic) bond motifs is 1. The van der Waals surface area contributed by atoms with Crippen molar-refractivity contribution in [2.45, 2.75) is 18.9 Å². The molecule has 108 valence electrons. The number of carbonyl (C=O) groups excluding carboxylic acids is 1. The molecule has 0 spiro atoms. The first-order chi connectivity index (χ1) is 9.49. The first-order valence-electron chi connectivity index (χ1n) is 6.36. The van der Waals surface area contributed by atoms with Crippen LogP contribution in [-0.4, -0.2) is 42.4 Å². The summed E-state index contributed by atoms with van der Waals surface area (Å²) >= 11 is 0. The van der Waals surface area contributed by atoms with Crippen molar-refractivity contribution in [2.75, 3.05) is 25.2 Å². The van der Waals surface area contributed by atoms with E-state index in [1.54, 1.807) is 24.1 Å². The molecular formula is C14H17NO5. The predicted octanol–water partition coefficient (Wildman–Crippen LogP) is 0.730. The average Bonchev–Trinajstić information content (AvgIpc) is 2.42. The fraction of sp³-hybridized carbons (Fsp3) is 0.429. The van der Waals surface area contributed by atoms with Crippen molar-refractivity contribution in [3.8, 4) is 0 Å². The van der Waals surface area contributed by atoms with E-state index in [4.69, 9.17) is 9.84 Å². The first kappa shape index (κ1) is 14.5. The van der Waals surface area contributed by atoms with Crippen LogP contribution in [0.2, 0.25) is 0 Å². The predicted molar refractivity (Wildman–Crippen MR) is 71.6 cm³/mol. The molecule has 6 nitrogen and oxygen atoms in total. The van der Waals surface area contributed by atoms with Crippen LogP contribution < -0.4 is 4.90 Å². The number of carboxylic acids is 1. The fourth-order valence-corrected chi connectivity index (χ4v) is 2.24. The number of anilines is 1. The third-order valence-electron chi connectivity index (χ3n) is 3.33. The first-order valence-corrected chi connectivity index (χ1v) is 6.36. The lowest BCUT2D eigenvalue weighted by Crippen LogP contribution is -2.31. The molecule has 0 aromatic heterocycles. The van der Waals surface area contributed by atoms with Crippen molar-refractivity contribution in [3.63, 3.8) is 0 Å². The molecular weight excluding hydrogens is 262 g/mol. The van der Waals surface area contributed by atoms with Crippen LogP contribution in [0.15, 0.2) is 18.2 Å². The lowest BCUT2D eigenvalue weighted by atomic mass is 9.97. The van der Waals surface area contributed by atoms with Crippen LogP contribution in [0, 0.1) is 0 Å². The molecule has 1 heterocycles. The van der Waals surface area contributed by atoms with E-state index < -0.39 is 18.7 Å². The van der Waals surface area contributed by atoms with E-state index in [0.717, 1.165) is 11.3 Å². The monoisotopic (exact) mass is 279 g/mol. The number of carboxylic acid groups (broad SMARTS) is 1. The molecule has 20 heavy (non-hydrogen) atoms. The van der Waals surface area contributed by atoms with E-state index in [2.05, 4.69) is 0 Å². The van der Waals surface area contributed by atoms with Gasteiger partial charge >= 0.3 is 5.97 Å². The van der Waals surface area contributed by atoms with Gasteiger partial charge in [-0.25, -0.2) is 4.79 Å². The van der Waals surface area contributed by atoms with Crippen LogP contribution in [-0.2, 0) is 20.7 Å². The Labute approximate surface area is 116 Å². The normalized spacial score (nSPS) is 15.9. The second kappa shape index (κ2) is 6.02. The average molecular weight is 279 g/mol. The molecule has 0 aliphatic carbocycles. The number of ether oxygens (including phenoxy) is 1. The van der Waals surface area contributed by atoms with E-state index in [0.29, 0.717) is 18.4 Å². The third kappa shape index (κ3) is 3.15. The van der Waals surface area contributed by atoms with Crippen LogP contribution in [0.3, 0.4) is 0 Å². The molecule has 0 fully saturated rings. The van der Waals surface area contributed by atoms with Gasteiger partial charge in [-0.05, 0) is 23.6 Å². The summed E-state index contributed by atoms with van der Waals surface area (Å²) in [6.45, 7) is -0.501. The summed E-state index contributed by atoms with van der Waals surface area (Å²) in [4.78, 5) is 23.5. The number of rotatable bonds is 5. The minimum absolute atomic E-state index is 0.0696.